The van der Waals surface area contributed by atoms with E-state index in [2.05, 4.69) is 5.32 Å². The maximum Gasteiger partial charge on any atom is 0.239 e. The maximum absolute atomic E-state index is 11.4. The third-order valence-electron chi connectivity index (χ3n) is 1.99. The minimum Gasteiger partial charge on any atom is -0.383 e. The van der Waals surface area contributed by atoms with E-state index < -0.39 is 6.04 Å². The fourth-order valence-electron chi connectivity index (χ4n) is 1.17. The molecule has 0 spiro atoms. The first-order valence-electron chi connectivity index (χ1n) is 5.80. The summed E-state index contributed by atoms with van der Waals surface area (Å²) in [4.78, 5) is 11.4. The van der Waals surface area contributed by atoms with Gasteiger partial charge in [-0.05, 0) is 5.56 Å². The molecule has 1 atom stereocenters. The minimum atomic E-state index is -0.598. The average Bonchev–Trinajstić information content (AvgIpc) is 2.40. The Morgan fingerprint density at radius 3 is 2.47 bits per heavy atom. The number of ether oxygens (including phenoxy) is 1. The molecule has 0 fully saturated rings. The second-order valence-corrected chi connectivity index (χ2v) is 3.27. The first-order valence-corrected chi connectivity index (χ1v) is 5.80. The summed E-state index contributed by atoms with van der Waals surface area (Å²) >= 11 is 0. The summed E-state index contributed by atoms with van der Waals surface area (Å²) in [5.41, 5.74) is 6.61. The van der Waals surface area contributed by atoms with Crippen LogP contribution in [0.25, 0.3) is 0 Å². The van der Waals surface area contributed by atoms with E-state index >= 15 is 0 Å². The second kappa shape index (κ2) is 9.81. The van der Waals surface area contributed by atoms with Gasteiger partial charge in [0.15, 0.2) is 0 Å². The maximum atomic E-state index is 11.4. The highest BCUT2D eigenvalue weighted by atomic mass is 16.5. The Hall–Kier alpha value is -1.39. The van der Waals surface area contributed by atoms with Gasteiger partial charge in [-0.1, -0.05) is 44.2 Å². The molecule has 0 saturated carbocycles. The molecule has 0 aromatic heterocycles. The number of benzene rings is 1. The zero-order valence-electron chi connectivity index (χ0n) is 10.8. The zero-order chi connectivity index (χ0) is 13.1. The number of nitrogens with two attached hydrogens (primary N) is 1. The van der Waals surface area contributed by atoms with Crippen LogP contribution in [0.1, 0.15) is 19.4 Å². The van der Waals surface area contributed by atoms with Crippen LogP contribution in [0.4, 0.5) is 0 Å². The van der Waals surface area contributed by atoms with Gasteiger partial charge in [0.25, 0.3) is 0 Å². The lowest BCUT2D eigenvalue weighted by Gasteiger charge is -2.10. The van der Waals surface area contributed by atoms with Crippen molar-refractivity contribution in [3.05, 3.63) is 35.9 Å². The van der Waals surface area contributed by atoms with Gasteiger partial charge in [0.2, 0.25) is 5.91 Å². The third-order valence-corrected chi connectivity index (χ3v) is 1.99. The van der Waals surface area contributed by atoms with Gasteiger partial charge in [-0.25, -0.2) is 0 Å². The van der Waals surface area contributed by atoms with E-state index in [9.17, 15) is 4.79 Å². The van der Waals surface area contributed by atoms with E-state index in [0.717, 1.165) is 5.56 Å². The standard InChI is InChI=1S/C11H16N2O2.C2H6/c1-15-8-10(12)11(14)13-7-9-5-3-2-4-6-9;1-2/h2-6,10H,7-8,12H2,1H3,(H,13,14);1-2H3. The Morgan fingerprint density at radius 2 is 1.94 bits per heavy atom. The molecule has 0 radical (unpaired) electrons. The van der Waals surface area contributed by atoms with E-state index in [4.69, 9.17) is 10.5 Å². The summed E-state index contributed by atoms with van der Waals surface area (Å²) in [5.74, 6) is -0.194. The molecule has 1 aromatic carbocycles. The summed E-state index contributed by atoms with van der Waals surface area (Å²) in [6.45, 7) is 4.73. The molecule has 4 heteroatoms. The second-order valence-electron chi connectivity index (χ2n) is 3.27. The van der Waals surface area contributed by atoms with Crippen LogP contribution in [0.2, 0.25) is 0 Å². The molecule has 1 rings (SSSR count). The van der Waals surface area contributed by atoms with Gasteiger partial charge < -0.3 is 15.8 Å². The normalized spacial score (nSPS) is 11.1. The molecule has 0 aliphatic rings. The molecular formula is C13H22N2O2. The van der Waals surface area contributed by atoms with Crippen molar-refractivity contribution in [1.82, 2.24) is 5.32 Å². The monoisotopic (exact) mass is 238 g/mol. The lowest BCUT2D eigenvalue weighted by Crippen LogP contribution is -2.43. The highest BCUT2D eigenvalue weighted by molar-refractivity contribution is 5.81. The smallest absolute Gasteiger partial charge is 0.239 e. The summed E-state index contributed by atoms with van der Waals surface area (Å²) in [7, 11) is 1.52. The molecule has 0 bridgehead atoms. The Morgan fingerprint density at radius 1 is 1.35 bits per heavy atom. The van der Waals surface area contributed by atoms with Gasteiger partial charge in [-0.15, -0.1) is 0 Å². The number of nitrogens with one attached hydrogen (secondary N) is 1. The number of amides is 1. The number of methoxy groups -OCH3 is 1. The molecule has 3 N–H and O–H groups in total. The predicted octanol–water partition coefficient (Wildman–Crippen LogP) is 1.30. The van der Waals surface area contributed by atoms with E-state index in [1.165, 1.54) is 7.11 Å². The van der Waals surface area contributed by atoms with Crippen LogP contribution in [0, 0.1) is 0 Å². The Bertz CT molecular complexity index is 302. The average molecular weight is 238 g/mol. The topological polar surface area (TPSA) is 64.3 Å². The summed E-state index contributed by atoms with van der Waals surface area (Å²) in [6, 6.07) is 9.08. The Balaban J connectivity index is 0.00000121. The first-order chi connectivity index (χ1) is 8.24. The largest absolute Gasteiger partial charge is 0.383 e. The quantitative estimate of drug-likeness (QED) is 0.812. The van der Waals surface area contributed by atoms with Crippen molar-refractivity contribution in [2.45, 2.75) is 26.4 Å². The SMILES string of the molecule is CC.COCC(N)C(=O)NCc1ccccc1. The van der Waals surface area contributed by atoms with Crippen molar-refractivity contribution < 1.29 is 9.53 Å². The molecule has 0 aliphatic carbocycles. The van der Waals surface area contributed by atoms with E-state index in [1.54, 1.807) is 0 Å². The van der Waals surface area contributed by atoms with Crippen LogP contribution in [0.3, 0.4) is 0 Å². The van der Waals surface area contributed by atoms with E-state index in [-0.39, 0.29) is 12.5 Å². The highest BCUT2D eigenvalue weighted by Gasteiger charge is 2.11. The summed E-state index contributed by atoms with van der Waals surface area (Å²) in [6.07, 6.45) is 0. The van der Waals surface area contributed by atoms with Gasteiger partial charge >= 0.3 is 0 Å². The van der Waals surface area contributed by atoms with Gasteiger partial charge in [0, 0.05) is 13.7 Å². The predicted molar refractivity (Wildman–Crippen MR) is 69.5 cm³/mol. The number of hydrogen-bond acceptors (Lipinski definition) is 3. The van der Waals surface area contributed by atoms with Crippen molar-refractivity contribution in [2.75, 3.05) is 13.7 Å². The lowest BCUT2D eigenvalue weighted by atomic mass is 10.2. The number of carbonyl (C=O) groups excluding carboxylic acids is 1. The molecule has 0 heterocycles. The lowest BCUT2D eigenvalue weighted by molar-refractivity contribution is -0.123. The van der Waals surface area contributed by atoms with Crippen LogP contribution in [-0.4, -0.2) is 25.7 Å². The first kappa shape index (κ1) is 15.6. The fraction of sp³-hybridized carbons (Fsp3) is 0.462. The number of rotatable bonds is 5. The molecular weight excluding hydrogens is 216 g/mol. The molecule has 0 saturated heterocycles. The van der Waals surface area contributed by atoms with Gasteiger partial charge in [0.1, 0.15) is 6.04 Å². The third kappa shape index (κ3) is 6.71. The number of hydrogen-bond donors (Lipinski definition) is 2. The highest BCUT2D eigenvalue weighted by Crippen LogP contribution is 1.97. The van der Waals surface area contributed by atoms with Crippen molar-refractivity contribution in [3.8, 4) is 0 Å². The van der Waals surface area contributed by atoms with Crippen molar-refractivity contribution in [1.29, 1.82) is 0 Å². The Labute approximate surface area is 103 Å². The van der Waals surface area contributed by atoms with Crippen LogP contribution in [0.15, 0.2) is 30.3 Å². The van der Waals surface area contributed by atoms with Gasteiger partial charge in [-0.2, -0.15) is 0 Å². The zero-order valence-corrected chi connectivity index (χ0v) is 10.8. The van der Waals surface area contributed by atoms with Crippen molar-refractivity contribution >= 4 is 5.91 Å². The van der Waals surface area contributed by atoms with Crippen LogP contribution >= 0.6 is 0 Å². The fourth-order valence-corrected chi connectivity index (χ4v) is 1.17. The molecule has 1 amide bonds. The molecule has 17 heavy (non-hydrogen) atoms. The van der Waals surface area contributed by atoms with E-state index in [0.29, 0.717) is 6.54 Å². The summed E-state index contributed by atoms with van der Waals surface area (Å²) < 4.78 is 4.79. The molecule has 1 aromatic rings. The van der Waals surface area contributed by atoms with Gasteiger partial charge in [-0.3, -0.25) is 4.79 Å². The van der Waals surface area contributed by atoms with Gasteiger partial charge in [0.05, 0.1) is 6.61 Å². The van der Waals surface area contributed by atoms with Crippen molar-refractivity contribution in [3.63, 3.8) is 0 Å². The van der Waals surface area contributed by atoms with E-state index in [1.807, 2.05) is 44.2 Å². The number of carbonyl (C=O) groups is 1. The van der Waals surface area contributed by atoms with Crippen LogP contribution in [0.5, 0.6) is 0 Å². The molecule has 4 nitrogen and oxygen atoms in total. The summed E-state index contributed by atoms with van der Waals surface area (Å²) in [5, 5.41) is 2.74. The molecule has 1 unspecified atom stereocenters. The minimum absolute atomic E-state index is 0.194. The molecule has 0 aliphatic heterocycles. The van der Waals surface area contributed by atoms with Crippen molar-refractivity contribution in [2.24, 2.45) is 5.73 Å². The Kier molecular flexibility index (Phi) is 9.01. The molecule has 96 valence electrons. The van der Waals surface area contributed by atoms with Crippen LogP contribution < -0.4 is 11.1 Å². The van der Waals surface area contributed by atoms with Crippen LogP contribution in [-0.2, 0) is 16.1 Å².